The van der Waals surface area contributed by atoms with Crippen molar-refractivity contribution in [1.29, 1.82) is 0 Å². The molecule has 6 nitrogen and oxygen atoms in total. The number of aromatic nitrogens is 3. The highest BCUT2D eigenvalue weighted by molar-refractivity contribution is 9.10. The van der Waals surface area contributed by atoms with E-state index in [0.717, 1.165) is 26.9 Å². The fourth-order valence-corrected chi connectivity index (χ4v) is 3.01. The minimum absolute atomic E-state index is 0.358. The SMILES string of the molecule is Cn1nc(CN)c(Br)c1-c1ccc2c(c1)oc(=O)n2C. The number of nitrogens with zero attached hydrogens (tertiary/aromatic N) is 3. The molecule has 0 spiro atoms. The molecule has 0 amide bonds. The first kappa shape index (κ1) is 13.1. The quantitative estimate of drug-likeness (QED) is 0.773. The third kappa shape index (κ3) is 1.82. The molecule has 20 heavy (non-hydrogen) atoms. The Bertz CT molecular complexity index is 859. The molecule has 1 aromatic carbocycles. The third-order valence-corrected chi connectivity index (χ3v) is 4.15. The molecule has 0 aliphatic heterocycles. The van der Waals surface area contributed by atoms with Gasteiger partial charge in [0.1, 0.15) is 0 Å². The molecule has 0 bridgehead atoms. The van der Waals surface area contributed by atoms with Crippen LogP contribution in [0.15, 0.2) is 31.9 Å². The molecule has 0 radical (unpaired) electrons. The summed E-state index contributed by atoms with van der Waals surface area (Å²) in [5.41, 5.74) is 9.57. The average Bonchev–Trinajstić information content (AvgIpc) is 2.87. The predicted molar refractivity (Wildman–Crippen MR) is 79.2 cm³/mol. The van der Waals surface area contributed by atoms with Gasteiger partial charge in [-0.2, -0.15) is 5.10 Å². The molecule has 104 valence electrons. The zero-order valence-corrected chi connectivity index (χ0v) is 12.6. The molecule has 0 fully saturated rings. The lowest BCUT2D eigenvalue weighted by Crippen LogP contribution is -2.08. The van der Waals surface area contributed by atoms with Gasteiger partial charge >= 0.3 is 5.76 Å². The molecule has 2 aromatic heterocycles. The Morgan fingerprint density at radius 1 is 1.40 bits per heavy atom. The molecule has 0 atom stereocenters. The molecule has 3 aromatic rings. The summed E-state index contributed by atoms with van der Waals surface area (Å²) >= 11 is 3.52. The van der Waals surface area contributed by atoms with E-state index in [1.165, 1.54) is 4.57 Å². The summed E-state index contributed by atoms with van der Waals surface area (Å²) in [7, 11) is 3.53. The predicted octanol–water partition coefficient (Wildman–Crippen LogP) is 1.75. The van der Waals surface area contributed by atoms with E-state index < -0.39 is 0 Å². The number of nitrogens with two attached hydrogens (primary N) is 1. The van der Waals surface area contributed by atoms with Crippen molar-refractivity contribution in [2.75, 3.05) is 0 Å². The molecular weight excluding hydrogens is 324 g/mol. The standard InChI is InChI=1S/C13H13BrN4O2/c1-17-9-4-3-7(5-10(9)20-13(17)19)12-11(14)8(6-15)16-18(12)2/h3-5H,6,15H2,1-2H3. The van der Waals surface area contributed by atoms with E-state index >= 15 is 0 Å². The van der Waals surface area contributed by atoms with Gasteiger partial charge in [-0.1, -0.05) is 6.07 Å². The highest BCUT2D eigenvalue weighted by Gasteiger charge is 2.16. The van der Waals surface area contributed by atoms with Crippen molar-refractivity contribution < 1.29 is 4.42 Å². The Balaban J connectivity index is 2.25. The normalized spacial score (nSPS) is 11.4. The van der Waals surface area contributed by atoms with Gasteiger partial charge in [0, 0.05) is 26.2 Å². The van der Waals surface area contributed by atoms with Gasteiger partial charge in [-0.3, -0.25) is 9.25 Å². The maximum absolute atomic E-state index is 11.5. The largest absolute Gasteiger partial charge is 0.419 e. The van der Waals surface area contributed by atoms with Crippen molar-refractivity contribution >= 4 is 27.0 Å². The molecule has 3 rings (SSSR count). The summed E-state index contributed by atoms with van der Waals surface area (Å²) in [4.78, 5) is 11.5. The van der Waals surface area contributed by atoms with Gasteiger partial charge in [-0.05, 0) is 28.1 Å². The van der Waals surface area contributed by atoms with E-state index in [4.69, 9.17) is 10.2 Å². The summed E-state index contributed by atoms with van der Waals surface area (Å²) in [5, 5.41) is 4.36. The van der Waals surface area contributed by atoms with Crippen LogP contribution in [0.25, 0.3) is 22.4 Å². The first-order valence-electron chi connectivity index (χ1n) is 6.04. The zero-order valence-electron chi connectivity index (χ0n) is 11.1. The molecule has 2 heterocycles. The summed E-state index contributed by atoms with van der Waals surface area (Å²) in [6.07, 6.45) is 0. The van der Waals surface area contributed by atoms with Crippen molar-refractivity contribution in [2.45, 2.75) is 6.54 Å². The number of halogens is 1. The average molecular weight is 337 g/mol. The topological polar surface area (TPSA) is 79.0 Å². The van der Waals surface area contributed by atoms with Crippen LogP contribution in [0.4, 0.5) is 0 Å². The van der Waals surface area contributed by atoms with Crippen LogP contribution in [0.2, 0.25) is 0 Å². The molecule has 0 unspecified atom stereocenters. The molecule has 7 heteroatoms. The Morgan fingerprint density at radius 3 is 2.80 bits per heavy atom. The number of aryl methyl sites for hydroxylation is 2. The lowest BCUT2D eigenvalue weighted by atomic mass is 10.1. The summed E-state index contributed by atoms with van der Waals surface area (Å²) in [5.74, 6) is -0.371. The van der Waals surface area contributed by atoms with Crippen molar-refractivity contribution in [3.63, 3.8) is 0 Å². The number of hydrogen-bond donors (Lipinski definition) is 1. The second kappa shape index (κ2) is 4.60. The van der Waals surface area contributed by atoms with E-state index in [-0.39, 0.29) is 5.76 Å². The van der Waals surface area contributed by atoms with E-state index in [1.54, 1.807) is 11.7 Å². The van der Waals surface area contributed by atoms with Gasteiger partial charge < -0.3 is 10.2 Å². The van der Waals surface area contributed by atoms with E-state index in [2.05, 4.69) is 21.0 Å². The fourth-order valence-electron chi connectivity index (χ4n) is 2.28. The van der Waals surface area contributed by atoms with Crippen LogP contribution in [-0.2, 0) is 20.6 Å². The summed E-state index contributed by atoms with van der Waals surface area (Å²) in [6, 6.07) is 5.62. The summed E-state index contributed by atoms with van der Waals surface area (Å²) < 4.78 is 9.31. The molecule has 0 aliphatic rings. The highest BCUT2D eigenvalue weighted by Crippen LogP contribution is 2.32. The Labute approximate surface area is 122 Å². The Morgan fingerprint density at radius 2 is 2.15 bits per heavy atom. The van der Waals surface area contributed by atoms with E-state index in [0.29, 0.717) is 12.1 Å². The fraction of sp³-hybridized carbons (Fsp3) is 0.231. The molecule has 0 saturated heterocycles. The van der Waals surface area contributed by atoms with Gasteiger partial charge in [0.15, 0.2) is 5.58 Å². The number of rotatable bonds is 2. The lowest BCUT2D eigenvalue weighted by molar-refractivity contribution is 0.528. The van der Waals surface area contributed by atoms with Crippen LogP contribution < -0.4 is 11.5 Å². The Kier molecular flexibility index (Phi) is 3.02. The van der Waals surface area contributed by atoms with Crippen LogP contribution in [-0.4, -0.2) is 14.3 Å². The molecule has 0 aliphatic carbocycles. The second-order valence-corrected chi connectivity index (χ2v) is 5.34. The maximum Gasteiger partial charge on any atom is 0.419 e. The zero-order chi connectivity index (χ0) is 14.4. The maximum atomic E-state index is 11.5. The van der Waals surface area contributed by atoms with Crippen LogP contribution in [0.1, 0.15) is 5.69 Å². The second-order valence-electron chi connectivity index (χ2n) is 4.55. The number of benzene rings is 1. The van der Waals surface area contributed by atoms with Crippen molar-refractivity contribution in [3.8, 4) is 11.3 Å². The van der Waals surface area contributed by atoms with Crippen LogP contribution in [0, 0.1) is 0 Å². The van der Waals surface area contributed by atoms with Gasteiger partial charge in [0.25, 0.3) is 0 Å². The highest BCUT2D eigenvalue weighted by atomic mass is 79.9. The van der Waals surface area contributed by atoms with Crippen LogP contribution in [0.3, 0.4) is 0 Å². The van der Waals surface area contributed by atoms with Crippen molar-refractivity contribution in [1.82, 2.24) is 14.3 Å². The number of hydrogen-bond acceptors (Lipinski definition) is 4. The summed E-state index contributed by atoms with van der Waals surface area (Å²) in [6.45, 7) is 0.358. The van der Waals surface area contributed by atoms with Crippen LogP contribution >= 0.6 is 15.9 Å². The smallest absolute Gasteiger partial charge is 0.408 e. The molecule has 2 N–H and O–H groups in total. The third-order valence-electron chi connectivity index (χ3n) is 3.31. The number of fused-ring (bicyclic) bond motifs is 1. The van der Waals surface area contributed by atoms with Crippen molar-refractivity contribution in [3.05, 3.63) is 38.9 Å². The Hall–Kier alpha value is -1.86. The first-order chi connectivity index (χ1) is 9.52. The number of oxazole rings is 1. The molecular formula is C13H13BrN4O2. The van der Waals surface area contributed by atoms with Gasteiger partial charge in [-0.25, -0.2) is 4.79 Å². The van der Waals surface area contributed by atoms with E-state index in [9.17, 15) is 4.79 Å². The molecule has 0 saturated carbocycles. The van der Waals surface area contributed by atoms with Gasteiger partial charge in [0.2, 0.25) is 0 Å². The lowest BCUT2D eigenvalue weighted by Gasteiger charge is -2.03. The van der Waals surface area contributed by atoms with Crippen LogP contribution in [0.5, 0.6) is 0 Å². The van der Waals surface area contributed by atoms with E-state index in [1.807, 2.05) is 25.2 Å². The van der Waals surface area contributed by atoms with Gasteiger partial charge in [-0.15, -0.1) is 0 Å². The van der Waals surface area contributed by atoms with Crippen molar-refractivity contribution in [2.24, 2.45) is 19.8 Å². The minimum atomic E-state index is -0.371. The first-order valence-corrected chi connectivity index (χ1v) is 6.83. The monoisotopic (exact) mass is 336 g/mol. The van der Waals surface area contributed by atoms with Gasteiger partial charge in [0.05, 0.1) is 21.4 Å². The minimum Gasteiger partial charge on any atom is -0.408 e.